The Morgan fingerprint density at radius 2 is 1.92 bits per heavy atom. The number of sulfonamides is 1. The summed E-state index contributed by atoms with van der Waals surface area (Å²) in [5.74, 6) is 0.196. The maximum atomic E-state index is 13.7. The van der Waals surface area contributed by atoms with Gasteiger partial charge in [0, 0.05) is 18.9 Å². The van der Waals surface area contributed by atoms with Crippen LogP contribution in [0.1, 0.15) is 37.9 Å². The Bertz CT molecular complexity index is 1270. The van der Waals surface area contributed by atoms with E-state index in [2.05, 4.69) is 27.2 Å². The average Bonchev–Trinajstić information content (AvgIpc) is 2.90. The summed E-state index contributed by atoms with van der Waals surface area (Å²) < 4.78 is 39.2. The molecule has 1 atom stereocenters. The van der Waals surface area contributed by atoms with Gasteiger partial charge in [0.25, 0.3) is 15.9 Å². The summed E-state index contributed by atoms with van der Waals surface area (Å²) in [6.07, 6.45) is 6.40. The lowest BCUT2D eigenvalue weighted by Crippen LogP contribution is -2.28. The van der Waals surface area contributed by atoms with E-state index in [-0.39, 0.29) is 29.1 Å². The predicted octanol–water partition coefficient (Wildman–Crippen LogP) is 4.42. The van der Waals surface area contributed by atoms with Crippen LogP contribution in [0.4, 0.5) is 16.3 Å². The van der Waals surface area contributed by atoms with Crippen molar-refractivity contribution in [2.24, 2.45) is 5.92 Å². The van der Waals surface area contributed by atoms with Crippen molar-refractivity contribution in [3.63, 3.8) is 0 Å². The molecule has 0 saturated carbocycles. The van der Waals surface area contributed by atoms with E-state index in [0.29, 0.717) is 24.3 Å². The first-order valence-electron chi connectivity index (χ1n) is 12.1. The first-order chi connectivity index (χ1) is 17.8. The second kappa shape index (κ2) is 13.0. The molecular formula is C26H33N5O5S. The number of ether oxygens (including phenoxy) is 2. The molecule has 198 valence electrons. The summed E-state index contributed by atoms with van der Waals surface area (Å²) in [6.45, 7) is 6.66. The summed E-state index contributed by atoms with van der Waals surface area (Å²) in [5, 5.41) is 2.73. The molecule has 11 heteroatoms. The molecule has 0 aliphatic heterocycles. The van der Waals surface area contributed by atoms with Crippen LogP contribution in [0.5, 0.6) is 5.88 Å². The third-order valence-corrected chi connectivity index (χ3v) is 7.16. The number of amides is 1. The van der Waals surface area contributed by atoms with Crippen LogP contribution in [-0.4, -0.2) is 49.7 Å². The molecule has 0 saturated heterocycles. The van der Waals surface area contributed by atoms with Crippen molar-refractivity contribution >= 4 is 27.6 Å². The molecule has 1 aromatic carbocycles. The molecule has 1 unspecified atom stereocenters. The summed E-state index contributed by atoms with van der Waals surface area (Å²) in [7, 11) is -2.68. The number of carbonyl (C=O) groups excluding carboxylic acids is 1. The first kappa shape index (κ1) is 27.9. The molecule has 0 radical (unpaired) electrons. The number of anilines is 2. The number of rotatable bonds is 12. The fourth-order valence-electron chi connectivity index (χ4n) is 3.57. The van der Waals surface area contributed by atoms with Gasteiger partial charge in [0.05, 0.1) is 31.3 Å². The van der Waals surface area contributed by atoms with Crippen LogP contribution >= 0.6 is 0 Å². The molecule has 2 aromatic heterocycles. The van der Waals surface area contributed by atoms with E-state index in [1.165, 1.54) is 31.8 Å². The highest BCUT2D eigenvalue weighted by Crippen LogP contribution is 2.36. The normalized spacial score (nSPS) is 12.0. The molecule has 3 rings (SSSR count). The highest BCUT2D eigenvalue weighted by molar-refractivity contribution is 7.93. The van der Waals surface area contributed by atoms with Crippen molar-refractivity contribution < 1.29 is 22.7 Å². The number of hydrogen-bond acceptors (Lipinski definition) is 8. The minimum Gasteiger partial charge on any atom is -0.478 e. The van der Waals surface area contributed by atoms with Gasteiger partial charge in [0.2, 0.25) is 5.82 Å². The molecule has 2 heterocycles. The number of aromatic nitrogens is 3. The van der Waals surface area contributed by atoms with Gasteiger partial charge in [-0.15, -0.1) is 0 Å². The molecule has 0 aliphatic carbocycles. The van der Waals surface area contributed by atoms with Gasteiger partial charge in [-0.05, 0) is 55.5 Å². The van der Waals surface area contributed by atoms with Crippen LogP contribution in [-0.2, 0) is 21.2 Å². The largest absolute Gasteiger partial charge is 0.478 e. The van der Waals surface area contributed by atoms with Gasteiger partial charge in [-0.2, -0.15) is 0 Å². The standard InChI is InChI=1S/C26H33N5O5S/c1-5-6-14-28-26(32)36-18-19(2)15-21-9-11-22(12-10-21)31(24-25(35-4)30-20(3)16-29-24)37(33,34)23-8-7-13-27-17-23/h7-13,16-17,19H,5-6,14-15,18H2,1-4H3,(H,28,32). The van der Waals surface area contributed by atoms with Crippen molar-refractivity contribution in [1.29, 1.82) is 0 Å². The van der Waals surface area contributed by atoms with Gasteiger partial charge < -0.3 is 14.8 Å². The second-order valence-electron chi connectivity index (χ2n) is 8.66. The van der Waals surface area contributed by atoms with E-state index < -0.39 is 16.1 Å². The Morgan fingerprint density at radius 3 is 2.57 bits per heavy atom. The zero-order valence-corrected chi connectivity index (χ0v) is 22.4. The van der Waals surface area contributed by atoms with Crippen LogP contribution in [0.3, 0.4) is 0 Å². The first-order valence-corrected chi connectivity index (χ1v) is 13.5. The number of aryl methyl sites for hydroxylation is 1. The minimum atomic E-state index is -4.09. The van der Waals surface area contributed by atoms with Gasteiger partial charge in [-0.3, -0.25) is 4.98 Å². The maximum absolute atomic E-state index is 13.7. The van der Waals surface area contributed by atoms with Gasteiger partial charge in [0.15, 0.2) is 0 Å². The van der Waals surface area contributed by atoms with Crippen molar-refractivity contribution in [2.75, 3.05) is 24.6 Å². The van der Waals surface area contributed by atoms with Gasteiger partial charge in [0.1, 0.15) is 4.90 Å². The monoisotopic (exact) mass is 527 g/mol. The second-order valence-corrected chi connectivity index (χ2v) is 10.4. The third-order valence-electron chi connectivity index (χ3n) is 5.45. The van der Waals surface area contributed by atoms with Gasteiger partial charge >= 0.3 is 6.09 Å². The van der Waals surface area contributed by atoms with E-state index in [1.54, 1.807) is 25.1 Å². The summed E-state index contributed by atoms with van der Waals surface area (Å²) in [4.78, 5) is 24.4. The Hall–Kier alpha value is -3.73. The number of nitrogens with one attached hydrogen (secondary N) is 1. The molecule has 0 spiro atoms. The maximum Gasteiger partial charge on any atom is 0.407 e. The van der Waals surface area contributed by atoms with Gasteiger partial charge in [-0.1, -0.05) is 32.4 Å². The Kier molecular flexibility index (Phi) is 9.78. The van der Waals surface area contributed by atoms with Crippen LogP contribution in [0.15, 0.2) is 59.9 Å². The van der Waals surface area contributed by atoms with E-state index >= 15 is 0 Å². The zero-order valence-electron chi connectivity index (χ0n) is 21.5. The number of carbonyl (C=O) groups is 1. The molecular weight excluding hydrogens is 494 g/mol. The van der Waals surface area contributed by atoms with Crippen LogP contribution in [0.25, 0.3) is 0 Å². The number of hydrogen-bond donors (Lipinski definition) is 1. The molecule has 37 heavy (non-hydrogen) atoms. The Labute approximate surface area is 218 Å². The molecule has 1 amide bonds. The highest BCUT2D eigenvalue weighted by atomic mass is 32.2. The van der Waals surface area contributed by atoms with Crippen molar-refractivity contribution in [3.05, 3.63) is 66.2 Å². The van der Waals surface area contributed by atoms with E-state index in [1.807, 2.05) is 19.1 Å². The predicted molar refractivity (Wildman–Crippen MR) is 140 cm³/mol. The molecule has 0 fully saturated rings. The molecule has 3 aromatic rings. The van der Waals surface area contributed by atoms with E-state index in [9.17, 15) is 13.2 Å². The van der Waals surface area contributed by atoms with E-state index in [0.717, 1.165) is 22.7 Å². The smallest absolute Gasteiger partial charge is 0.407 e. The minimum absolute atomic E-state index is 0.00601. The molecule has 1 N–H and O–H groups in total. The zero-order chi connectivity index (χ0) is 26.8. The molecule has 0 aliphatic rings. The summed E-state index contributed by atoms with van der Waals surface area (Å²) >= 11 is 0. The summed E-state index contributed by atoms with van der Waals surface area (Å²) in [5.41, 5.74) is 1.92. The van der Waals surface area contributed by atoms with E-state index in [4.69, 9.17) is 9.47 Å². The van der Waals surface area contributed by atoms with Crippen molar-refractivity contribution in [1.82, 2.24) is 20.3 Å². The van der Waals surface area contributed by atoms with Crippen LogP contribution in [0, 0.1) is 12.8 Å². The SMILES string of the molecule is CCCCNC(=O)OCC(C)Cc1ccc(N(c2ncc(C)nc2OC)S(=O)(=O)c2cccnc2)cc1. The van der Waals surface area contributed by atoms with Crippen molar-refractivity contribution in [3.8, 4) is 5.88 Å². The molecule has 10 nitrogen and oxygen atoms in total. The lowest BCUT2D eigenvalue weighted by molar-refractivity contribution is 0.130. The number of unbranched alkanes of at least 4 members (excludes halogenated alkanes) is 1. The van der Waals surface area contributed by atoms with Gasteiger partial charge in [-0.25, -0.2) is 27.5 Å². The van der Waals surface area contributed by atoms with Crippen LogP contribution < -0.4 is 14.4 Å². The number of alkyl carbamates (subject to hydrolysis) is 1. The molecule has 0 bridgehead atoms. The average molecular weight is 528 g/mol. The number of pyridine rings is 1. The lowest BCUT2D eigenvalue weighted by Gasteiger charge is -2.24. The number of nitrogens with zero attached hydrogens (tertiary/aromatic N) is 4. The Morgan fingerprint density at radius 1 is 1.16 bits per heavy atom. The fourth-order valence-corrected chi connectivity index (χ4v) is 4.98. The van der Waals surface area contributed by atoms with Crippen LogP contribution in [0.2, 0.25) is 0 Å². The fraction of sp³-hybridized carbons (Fsp3) is 0.385. The third kappa shape index (κ3) is 7.39. The summed E-state index contributed by atoms with van der Waals surface area (Å²) in [6, 6.07) is 10.1. The highest BCUT2D eigenvalue weighted by Gasteiger charge is 2.31. The lowest BCUT2D eigenvalue weighted by atomic mass is 10.0. The topological polar surface area (TPSA) is 124 Å². The number of benzene rings is 1. The quantitative estimate of drug-likeness (QED) is 0.343. The number of methoxy groups -OCH3 is 1. The van der Waals surface area contributed by atoms with Crippen molar-refractivity contribution in [2.45, 2.75) is 44.9 Å². The Balaban J connectivity index is 1.83.